The van der Waals surface area contributed by atoms with Gasteiger partial charge in [0.2, 0.25) is 0 Å². The number of primary amides is 1. The highest BCUT2D eigenvalue weighted by molar-refractivity contribution is 5.64. The Hall–Kier alpha value is -1.71. The molecular weight excluding hydrogens is 254 g/mol. The van der Waals surface area contributed by atoms with Crippen LogP contribution in [0.5, 0.6) is 5.75 Å². The molecule has 1 aromatic carbocycles. The highest BCUT2D eigenvalue weighted by atomic mass is 16.5. The standard InChI is InChI=1S/C16H25NO3/c1-15(2,3)11-7-10(9-20-14(17)19)8-12(13(11)18)16(4,5)6/h7-8,18H,9H2,1-6H3,(H2,17,19). The van der Waals surface area contributed by atoms with Gasteiger partial charge in [0.15, 0.2) is 0 Å². The third-order valence-electron chi connectivity index (χ3n) is 3.17. The van der Waals surface area contributed by atoms with Crippen LogP contribution in [0.2, 0.25) is 0 Å². The van der Waals surface area contributed by atoms with Crippen molar-refractivity contribution in [3.05, 3.63) is 28.8 Å². The molecule has 0 radical (unpaired) electrons. The van der Waals surface area contributed by atoms with Crippen LogP contribution in [0.1, 0.15) is 58.2 Å². The van der Waals surface area contributed by atoms with Crippen molar-refractivity contribution in [2.75, 3.05) is 0 Å². The van der Waals surface area contributed by atoms with Gasteiger partial charge < -0.3 is 15.6 Å². The normalized spacial score (nSPS) is 12.3. The second kappa shape index (κ2) is 5.35. The second-order valence-electron chi connectivity index (χ2n) is 7.15. The van der Waals surface area contributed by atoms with Gasteiger partial charge in [0.1, 0.15) is 12.4 Å². The highest BCUT2D eigenvalue weighted by Gasteiger charge is 2.26. The number of benzene rings is 1. The molecule has 0 unspecified atom stereocenters. The monoisotopic (exact) mass is 279 g/mol. The number of amides is 1. The summed E-state index contributed by atoms with van der Waals surface area (Å²) in [5, 5.41) is 10.5. The summed E-state index contributed by atoms with van der Waals surface area (Å²) >= 11 is 0. The smallest absolute Gasteiger partial charge is 0.404 e. The Bertz CT molecular complexity index is 472. The van der Waals surface area contributed by atoms with Gasteiger partial charge in [-0.25, -0.2) is 4.79 Å². The van der Waals surface area contributed by atoms with Crippen LogP contribution in [0.15, 0.2) is 12.1 Å². The summed E-state index contributed by atoms with van der Waals surface area (Å²) < 4.78 is 4.86. The van der Waals surface area contributed by atoms with Gasteiger partial charge in [0.05, 0.1) is 0 Å². The number of phenolic OH excluding ortho intramolecular Hbond substituents is 1. The van der Waals surface area contributed by atoms with Gasteiger partial charge in [-0.15, -0.1) is 0 Å². The first kappa shape index (κ1) is 16.3. The van der Waals surface area contributed by atoms with Gasteiger partial charge >= 0.3 is 6.09 Å². The fourth-order valence-corrected chi connectivity index (χ4v) is 2.08. The van der Waals surface area contributed by atoms with Crippen LogP contribution in [0.4, 0.5) is 4.79 Å². The van der Waals surface area contributed by atoms with Crippen molar-refractivity contribution in [2.45, 2.75) is 59.0 Å². The van der Waals surface area contributed by atoms with E-state index >= 15 is 0 Å². The maximum absolute atomic E-state index is 10.8. The fourth-order valence-electron chi connectivity index (χ4n) is 2.08. The Morgan fingerprint density at radius 1 is 1.10 bits per heavy atom. The molecule has 4 heteroatoms. The molecule has 3 N–H and O–H groups in total. The summed E-state index contributed by atoms with van der Waals surface area (Å²) in [6.45, 7) is 12.3. The Morgan fingerprint density at radius 2 is 1.50 bits per heavy atom. The van der Waals surface area contributed by atoms with E-state index in [0.29, 0.717) is 5.75 Å². The van der Waals surface area contributed by atoms with Crippen molar-refractivity contribution in [1.29, 1.82) is 0 Å². The van der Waals surface area contributed by atoms with E-state index in [0.717, 1.165) is 16.7 Å². The Kier molecular flexibility index (Phi) is 4.37. The quantitative estimate of drug-likeness (QED) is 0.869. The van der Waals surface area contributed by atoms with Crippen molar-refractivity contribution >= 4 is 6.09 Å². The number of phenols is 1. The van der Waals surface area contributed by atoms with E-state index in [1.807, 2.05) is 53.7 Å². The average molecular weight is 279 g/mol. The minimum Gasteiger partial charge on any atom is -0.507 e. The summed E-state index contributed by atoms with van der Waals surface area (Å²) in [6, 6.07) is 3.74. The fraction of sp³-hybridized carbons (Fsp3) is 0.562. The van der Waals surface area contributed by atoms with E-state index in [4.69, 9.17) is 10.5 Å². The number of carbonyl (C=O) groups is 1. The summed E-state index contributed by atoms with van der Waals surface area (Å²) in [4.78, 5) is 10.8. The molecule has 1 aromatic rings. The molecule has 0 saturated carbocycles. The zero-order valence-corrected chi connectivity index (χ0v) is 13.2. The first-order valence-electron chi connectivity index (χ1n) is 6.72. The lowest BCUT2D eigenvalue weighted by atomic mass is 9.78. The molecule has 0 aliphatic rings. The van der Waals surface area contributed by atoms with E-state index in [2.05, 4.69) is 0 Å². The minimum absolute atomic E-state index is 0.113. The summed E-state index contributed by atoms with van der Waals surface area (Å²) in [5.74, 6) is 0.313. The lowest BCUT2D eigenvalue weighted by molar-refractivity contribution is 0.150. The number of rotatable bonds is 2. The van der Waals surface area contributed by atoms with Gasteiger partial charge in [-0.05, 0) is 39.7 Å². The van der Waals surface area contributed by atoms with Gasteiger partial charge in [-0.3, -0.25) is 0 Å². The third-order valence-corrected chi connectivity index (χ3v) is 3.17. The van der Waals surface area contributed by atoms with E-state index in [9.17, 15) is 9.90 Å². The predicted molar refractivity (Wildman–Crippen MR) is 79.9 cm³/mol. The van der Waals surface area contributed by atoms with Crippen molar-refractivity contribution in [2.24, 2.45) is 5.73 Å². The zero-order chi connectivity index (χ0) is 15.7. The number of hydrogen-bond donors (Lipinski definition) is 2. The average Bonchev–Trinajstić information content (AvgIpc) is 2.24. The third kappa shape index (κ3) is 3.89. The highest BCUT2D eigenvalue weighted by Crippen LogP contribution is 2.39. The van der Waals surface area contributed by atoms with E-state index in [1.165, 1.54) is 0 Å². The lowest BCUT2D eigenvalue weighted by Gasteiger charge is -2.28. The molecule has 0 spiro atoms. The molecule has 4 nitrogen and oxygen atoms in total. The van der Waals surface area contributed by atoms with Crippen molar-refractivity contribution in [1.82, 2.24) is 0 Å². The number of ether oxygens (including phenoxy) is 1. The van der Waals surface area contributed by atoms with Crippen LogP contribution in [0.25, 0.3) is 0 Å². The van der Waals surface area contributed by atoms with Gasteiger partial charge in [-0.2, -0.15) is 0 Å². The van der Waals surface area contributed by atoms with Crippen LogP contribution in [-0.2, 0) is 22.2 Å². The Balaban J connectivity index is 3.38. The van der Waals surface area contributed by atoms with Crippen LogP contribution in [0, 0.1) is 0 Å². The Labute approximate surface area is 120 Å². The molecule has 0 aromatic heterocycles. The van der Waals surface area contributed by atoms with Gasteiger partial charge in [-0.1, -0.05) is 41.5 Å². The molecule has 112 valence electrons. The van der Waals surface area contributed by atoms with E-state index < -0.39 is 6.09 Å². The molecule has 0 heterocycles. The lowest BCUT2D eigenvalue weighted by Crippen LogP contribution is -2.19. The van der Waals surface area contributed by atoms with Gasteiger partial charge in [0, 0.05) is 0 Å². The van der Waals surface area contributed by atoms with Crippen LogP contribution in [-0.4, -0.2) is 11.2 Å². The number of hydrogen-bond acceptors (Lipinski definition) is 3. The maximum Gasteiger partial charge on any atom is 0.404 e. The molecule has 1 amide bonds. The molecule has 1 rings (SSSR count). The summed E-state index contributed by atoms with van der Waals surface area (Å²) in [7, 11) is 0. The molecule has 0 saturated heterocycles. The number of aromatic hydroxyl groups is 1. The molecule has 0 fully saturated rings. The minimum atomic E-state index is -0.798. The predicted octanol–water partition coefficient (Wildman–Crippen LogP) is 3.58. The number of nitrogens with two attached hydrogens (primary N) is 1. The summed E-state index contributed by atoms with van der Waals surface area (Å²) in [6.07, 6.45) is -0.798. The van der Waals surface area contributed by atoms with E-state index in [1.54, 1.807) is 0 Å². The zero-order valence-electron chi connectivity index (χ0n) is 13.2. The SMILES string of the molecule is CC(C)(C)c1cc(COC(N)=O)cc(C(C)(C)C)c1O. The van der Waals surface area contributed by atoms with Gasteiger partial charge in [0.25, 0.3) is 0 Å². The molecule has 0 aliphatic heterocycles. The molecule has 0 atom stereocenters. The van der Waals surface area contributed by atoms with E-state index in [-0.39, 0.29) is 17.4 Å². The topological polar surface area (TPSA) is 72.5 Å². The van der Waals surface area contributed by atoms with Crippen molar-refractivity contribution < 1.29 is 14.6 Å². The molecule has 0 bridgehead atoms. The van der Waals surface area contributed by atoms with Crippen LogP contribution >= 0.6 is 0 Å². The Morgan fingerprint density at radius 3 is 1.80 bits per heavy atom. The first-order valence-corrected chi connectivity index (χ1v) is 6.72. The maximum atomic E-state index is 10.8. The van der Waals surface area contributed by atoms with Crippen molar-refractivity contribution in [3.63, 3.8) is 0 Å². The van der Waals surface area contributed by atoms with Crippen molar-refractivity contribution in [3.8, 4) is 5.75 Å². The summed E-state index contributed by atoms with van der Waals surface area (Å²) in [5.41, 5.74) is 7.12. The molecule has 20 heavy (non-hydrogen) atoms. The molecular formula is C16H25NO3. The first-order chi connectivity index (χ1) is 8.93. The van der Waals surface area contributed by atoms with Crippen LogP contribution in [0.3, 0.4) is 0 Å². The largest absolute Gasteiger partial charge is 0.507 e. The van der Waals surface area contributed by atoms with Crippen LogP contribution < -0.4 is 5.73 Å². The second-order valence-corrected chi connectivity index (χ2v) is 7.15. The molecule has 0 aliphatic carbocycles. The number of carbonyl (C=O) groups excluding carboxylic acids is 1.